The second kappa shape index (κ2) is 20.2. The van der Waals surface area contributed by atoms with Crippen molar-refractivity contribution in [3.63, 3.8) is 0 Å². The first kappa shape index (κ1) is 25.9. The van der Waals surface area contributed by atoms with E-state index >= 15 is 0 Å². The second-order valence-corrected chi connectivity index (χ2v) is 8.71. The van der Waals surface area contributed by atoms with Gasteiger partial charge in [-0.3, -0.25) is 0 Å². The van der Waals surface area contributed by atoms with Gasteiger partial charge in [-0.15, -0.1) is 0 Å². The van der Waals surface area contributed by atoms with E-state index in [2.05, 4.69) is 6.92 Å². The largest absolute Gasteiger partial charge is 0.379 e. The molecule has 1 fully saturated rings. The van der Waals surface area contributed by atoms with Gasteiger partial charge in [-0.2, -0.15) is 0 Å². The SMILES string of the molecule is [CH2]CCCCCCCCCCCOC1CCCCCCC([O])COCCCC1. The maximum absolute atomic E-state index is 11.7. The number of ether oxygens (including phenoxy) is 2. The highest BCUT2D eigenvalue weighted by Crippen LogP contribution is 2.17. The zero-order valence-electron chi connectivity index (χ0n) is 18.6. The fourth-order valence-corrected chi connectivity index (χ4v) is 4.05. The highest BCUT2D eigenvalue weighted by atomic mass is 16.5. The predicted octanol–water partition coefficient (Wildman–Crippen LogP) is 7.45. The molecule has 0 aromatic heterocycles. The highest BCUT2D eigenvalue weighted by Gasteiger charge is 2.11. The van der Waals surface area contributed by atoms with Gasteiger partial charge in [0, 0.05) is 13.2 Å². The average molecular weight is 397 g/mol. The monoisotopic (exact) mass is 396 g/mol. The van der Waals surface area contributed by atoms with Crippen molar-refractivity contribution in [3.05, 3.63) is 6.92 Å². The molecule has 3 nitrogen and oxygen atoms in total. The minimum absolute atomic E-state index is 0.399. The van der Waals surface area contributed by atoms with Gasteiger partial charge in [-0.1, -0.05) is 90.4 Å². The van der Waals surface area contributed by atoms with Crippen LogP contribution in [0.25, 0.3) is 0 Å². The summed E-state index contributed by atoms with van der Waals surface area (Å²) in [5, 5.41) is 11.7. The standard InChI is InChI=1S/C25H48O3/c1-2-3-4-5-6-7-8-9-12-16-22-28-25-19-14-11-10-13-18-24(26)23-27-21-17-15-20-25/h24-25H,1-23H2. The molecule has 0 aromatic carbocycles. The summed E-state index contributed by atoms with van der Waals surface area (Å²) in [5.41, 5.74) is 0. The van der Waals surface area contributed by atoms with Crippen LogP contribution in [0.15, 0.2) is 0 Å². The predicted molar refractivity (Wildman–Crippen MR) is 118 cm³/mol. The first-order valence-corrected chi connectivity index (χ1v) is 12.5. The molecule has 2 atom stereocenters. The molecule has 0 N–H and O–H groups in total. The molecule has 0 spiro atoms. The molecule has 1 saturated heterocycles. The topological polar surface area (TPSA) is 38.4 Å². The van der Waals surface area contributed by atoms with Crippen LogP contribution in [0.2, 0.25) is 0 Å². The van der Waals surface area contributed by atoms with Gasteiger partial charge in [0.15, 0.2) is 0 Å². The molecule has 28 heavy (non-hydrogen) atoms. The van der Waals surface area contributed by atoms with Crippen molar-refractivity contribution >= 4 is 0 Å². The summed E-state index contributed by atoms with van der Waals surface area (Å²) in [6.45, 7) is 5.97. The van der Waals surface area contributed by atoms with Gasteiger partial charge in [0.05, 0.1) is 12.7 Å². The Bertz CT molecular complexity index is 292. The van der Waals surface area contributed by atoms with E-state index in [1.807, 2.05) is 0 Å². The summed E-state index contributed by atoms with van der Waals surface area (Å²) < 4.78 is 11.8. The smallest absolute Gasteiger partial charge is 0.116 e. The van der Waals surface area contributed by atoms with Gasteiger partial charge < -0.3 is 9.47 Å². The van der Waals surface area contributed by atoms with Crippen molar-refractivity contribution in [2.75, 3.05) is 19.8 Å². The second-order valence-electron chi connectivity index (χ2n) is 8.71. The van der Waals surface area contributed by atoms with Crippen LogP contribution in [0.4, 0.5) is 0 Å². The third-order valence-corrected chi connectivity index (χ3v) is 5.92. The van der Waals surface area contributed by atoms with Crippen molar-refractivity contribution in [3.8, 4) is 0 Å². The van der Waals surface area contributed by atoms with Crippen molar-refractivity contribution < 1.29 is 14.6 Å². The number of unbranched alkanes of at least 4 members (excludes halogenated alkanes) is 9. The van der Waals surface area contributed by atoms with Crippen LogP contribution in [0.3, 0.4) is 0 Å². The van der Waals surface area contributed by atoms with Crippen LogP contribution in [0.1, 0.15) is 122 Å². The van der Waals surface area contributed by atoms with E-state index in [9.17, 15) is 5.11 Å². The molecule has 1 aliphatic rings. The van der Waals surface area contributed by atoms with Gasteiger partial charge >= 0.3 is 0 Å². The Balaban J connectivity index is 2.02. The van der Waals surface area contributed by atoms with Crippen molar-refractivity contribution in [1.82, 2.24) is 0 Å². The summed E-state index contributed by atoms with van der Waals surface area (Å²) in [6.07, 6.45) is 23.2. The molecule has 1 aliphatic heterocycles. The Kier molecular flexibility index (Phi) is 18.7. The Morgan fingerprint density at radius 2 is 1.29 bits per heavy atom. The molecule has 0 aromatic rings. The van der Waals surface area contributed by atoms with Crippen LogP contribution in [0.5, 0.6) is 0 Å². The molecular formula is C25H48O3. The number of hydrogen-bond acceptors (Lipinski definition) is 2. The number of rotatable bonds is 12. The fraction of sp³-hybridized carbons (Fsp3) is 0.960. The first-order valence-electron chi connectivity index (χ1n) is 12.5. The molecule has 1 rings (SSSR count). The molecule has 2 radical (unpaired) electrons. The molecule has 0 bridgehead atoms. The minimum Gasteiger partial charge on any atom is -0.379 e. The van der Waals surface area contributed by atoms with Crippen LogP contribution in [0, 0.1) is 6.92 Å². The normalized spacial score (nSPS) is 23.4. The van der Waals surface area contributed by atoms with Crippen molar-refractivity contribution in [1.29, 1.82) is 0 Å². The molecule has 2 unspecified atom stereocenters. The first-order chi connectivity index (χ1) is 13.8. The van der Waals surface area contributed by atoms with Crippen LogP contribution >= 0.6 is 0 Å². The van der Waals surface area contributed by atoms with Crippen molar-refractivity contribution in [2.45, 2.75) is 134 Å². The van der Waals surface area contributed by atoms with Gasteiger partial charge in [0.25, 0.3) is 0 Å². The van der Waals surface area contributed by atoms with E-state index in [4.69, 9.17) is 9.47 Å². The molecule has 3 heteroatoms. The molecular weight excluding hydrogens is 348 g/mol. The zero-order chi connectivity index (χ0) is 20.1. The third kappa shape index (κ3) is 16.8. The quantitative estimate of drug-likeness (QED) is 0.321. The molecule has 0 saturated carbocycles. The van der Waals surface area contributed by atoms with E-state index in [0.29, 0.717) is 12.7 Å². The van der Waals surface area contributed by atoms with E-state index in [-0.39, 0.29) is 0 Å². The van der Waals surface area contributed by atoms with Gasteiger partial charge in [0.2, 0.25) is 0 Å². The molecule has 166 valence electrons. The van der Waals surface area contributed by atoms with Gasteiger partial charge in [-0.25, -0.2) is 5.11 Å². The van der Waals surface area contributed by atoms with Crippen LogP contribution in [-0.4, -0.2) is 32.0 Å². The Morgan fingerprint density at radius 3 is 1.96 bits per heavy atom. The summed E-state index contributed by atoms with van der Waals surface area (Å²) >= 11 is 0. The molecule has 0 aliphatic carbocycles. The van der Waals surface area contributed by atoms with E-state index in [1.54, 1.807) is 0 Å². The zero-order valence-corrected chi connectivity index (χ0v) is 18.6. The van der Waals surface area contributed by atoms with Gasteiger partial charge in [-0.05, 0) is 38.5 Å². The van der Waals surface area contributed by atoms with E-state index in [0.717, 1.165) is 51.7 Å². The lowest BCUT2D eigenvalue weighted by Gasteiger charge is -2.19. The lowest BCUT2D eigenvalue weighted by Crippen LogP contribution is -2.16. The minimum atomic E-state index is -0.516. The highest BCUT2D eigenvalue weighted by molar-refractivity contribution is 4.62. The maximum Gasteiger partial charge on any atom is 0.116 e. The van der Waals surface area contributed by atoms with E-state index < -0.39 is 6.10 Å². The van der Waals surface area contributed by atoms with Crippen molar-refractivity contribution in [2.24, 2.45) is 0 Å². The lowest BCUT2D eigenvalue weighted by molar-refractivity contribution is -0.0119. The maximum atomic E-state index is 11.7. The Hall–Kier alpha value is -0.120. The molecule has 1 heterocycles. The van der Waals surface area contributed by atoms with Crippen LogP contribution < -0.4 is 0 Å². The summed E-state index contributed by atoms with van der Waals surface area (Å²) in [6, 6.07) is 0. The summed E-state index contributed by atoms with van der Waals surface area (Å²) in [7, 11) is 0. The summed E-state index contributed by atoms with van der Waals surface area (Å²) in [5.74, 6) is 0. The third-order valence-electron chi connectivity index (χ3n) is 5.92. The Labute approximate surface area is 176 Å². The van der Waals surface area contributed by atoms with E-state index in [1.165, 1.54) is 83.5 Å². The fourth-order valence-electron chi connectivity index (χ4n) is 4.05. The number of hydrogen-bond donors (Lipinski definition) is 0. The van der Waals surface area contributed by atoms with Gasteiger partial charge in [0.1, 0.15) is 6.10 Å². The molecule has 0 amide bonds. The van der Waals surface area contributed by atoms with Crippen LogP contribution in [-0.2, 0) is 14.6 Å². The Morgan fingerprint density at radius 1 is 0.714 bits per heavy atom. The lowest BCUT2D eigenvalue weighted by atomic mass is 10.0. The summed E-state index contributed by atoms with van der Waals surface area (Å²) in [4.78, 5) is 0. The average Bonchev–Trinajstić information content (AvgIpc) is 2.70.